The Bertz CT molecular complexity index is 177. The van der Waals surface area contributed by atoms with Crippen molar-refractivity contribution in [1.82, 2.24) is 10.2 Å². The van der Waals surface area contributed by atoms with Gasteiger partial charge < -0.3 is 10.2 Å². The molecule has 0 aliphatic carbocycles. The minimum Gasteiger partial charge on any atom is -0.311 e. The van der Waals surface area contributed by atoms with Crippen LogP contribution in [0, 0.1) is 0 Å². The molecular formula is C12H24N2. The molecule has 0 aromatic heterocycles. The fraction of sp³-hybridized carbons (Fsp3) is 0.833. The molecule has 1 rings (SSSR count). The number of hydrogen-bond acceptors (Lipinski definition) is 2. The van der Waals surface area contributed by atoms with Crippen LogP contribution < -0.4 is 5.32 Å². The molecule has 0 bridgehead atoms. The number of likely N-dealkylation sites (N-methyl/N-ethyl adjacent to an activating group) is 1. The van der Waals surface area contributed by atoms with Crippen LogP contribution >= 0.6 is 0 Å². The van der Waals surface area contributed by atoms with Crippen molar-refractivity contribution < 1.29 is 0 Å². The van der Waals surface area contributed by atoms with Crippen molar-refractivity contribution in [2.45, 2.75) is 38.6 Å². The van der Waals surface area contributed by atoms with Crippen LogP contribution in [0.15, 0.2) is 12.2 Å². The Hall–Kier alpha value is -0.340. The highest BCUT2D eigenvalue weighted by molar-refractivity contribution is 4.95. The second kappa shape index (κ2) is 6.20. The summed E-state index contributed by atoms with van der Waals surface area (Å²) in [5, 5.41) is 3.50. The van der Waals surface area contributed by atoms with Gasteiger partial charge in [0.15, 0.2) is 0 Å². The lowest BCUT2D eigenvalue weighted by Crippen LogP contribution is -2.43. The summed E-state index contributed by atoms with van der Waals surface area (Å²) in [4.78, 5) is 2.48. The summed E-state index contributed by atoms with van der Waals surface area (Å²) in [5.41, 5.74) is 1.31. The summed E-state index contributed by atoms with van der Waals surface area (Å²) in [6, 6.07) is 0.744. The number of hydrogen-bond donors (Lipinski definition) is 1. The van der Waals surface area contributed by atoms with Crippen LogP contribution in [-0.4, -0.2) is 37.6 Å². The zero-order valence-electron chi connectivity index (χ0n) is 9.68. The molecule has 1 fully saturated rings. The van der Waals surface area contributed by atoms with Gasteiger partial charge in [-0.1, -0.05) is 25.5 Å². The zero-order valence-corrected chi connectivity index (χ0v) is 9.68. The molecular weight excluding hydrogens is 172 g/mol. The minimum absolute atomic E-state index is 0.744. The van der Waals surface area contributed by atoms with Gasteiger partial charge in [0.1, 0.15) is 0 Å². The molecule has 0 radical (unpaired) electrons. The van der Waals surface area contributed by atoms with E-state index in [4.69, 9.17) is 0 Å². The standard InChI is InChI=1S/C12H24N2/c1-4-11(2)9-13-10-12-7-5-6-8-14(12)3/h12-13H,2,4-10H2,1,3H3. The van der Waals surface area contributed by atoms with E-state index in [1.807, 2.05) is 0 Å². The highest BCUT2D eigenvalue weighted by atomic mass is 15.2. The fourth-order valence-electron chi connectivity index (χ4n) is 1.94. The van der Waals surface area contributed by atoms with E-state index >= 15 is 0 Å². The molecule has 1 heterocycles. The molecule has 2 nitrogen and oxygen atoms in total. The van der Waals surface area contributed by atoms with Crippen molar-refractivity contribution >= 4 is 0 Å². The van der Waals surface area contributed by atoms with Crippen LogP contribution in [0.3, 0.4) is 0 Å². The van der Waals surface area contributed by atoms with E-state index < -0.39 is 0 Å². The third-order valence-electron chi connectivity index (χ3n) is 3.18. The second-order valence-electron chi connectivity index (χ2n) is 4.36. The lowest BCUT2D eigenvalue weighted by molar-refractivity contribution is 0.182. The van der Waals surface area contributed by atoms with E-state index in [1.54, 1.807) is 0 Å². The zero-order chi connectivity index (χ0) is 10.4. The molecule has 1 saturated heterocycles. The van der Waals surface area contributed by atoms with Crippen LogP contribution in [0.4, 0.5) is 0 Å². The summed E-state index contributed by atoms with van der Waals surface area (Å²) < 4.78 is 0. The predicted octanol–water partition coefficient (Wildman–Crippen LogP) is 2.03. The van der Waals surface area contributed by atoms with Gasteiger partial charge in [-0.2, -0.15) is 0 Å². The number of likely N-dealkylation sites (tertiary alicyclic amines) is 1. The third-order valence-corrected chi connectivity index (χ3v) is 3.18. The first-order valence-electron chi connectivity index (χ1n) is 5.81. The van der Waals surface area contributed by atoms with Gasteiger partial charge in [0.2, 0.25) is 0 Å². The Balaban J connectivity index is 2.13. The summed E-state index contributed by atoms with van der Waals surface area (Å²) in [6.45, 7) is 9.53. The fourth-order valence-corrected chi connectivity index (χ4v) is 1.94. The van der Waals surface area contributed by atoms with Crippen LogP contribution in [0.2, 0.25) is 0 Å². The van der Waals surface area contributed by atoms with Gasteiger partial charge in [0, 0.05) is 19.1 Å². The van der Waals surface area contributed by atoms with Gasteiger partial charge in [0.05, 0.1) is 0 Å². The highest BCUT2D eigenvalue weighted by Crippen LogP contribution is 2.13. The molecule has 1 aliphatic heterocycles. The largest absolute Gasteiger partial charge is 0.311 e. The molecule has 1 N–H and O–H groups in total. The van der Waals surface area contributed by atoms with Gasteiger partial charge in [-0.15, -0.1) is 0 Å². The Labute approximate surface area is 88.4 Å². The quantitative estimate of drug-likeness (QED) is 0.677. The molecule has 14 heavy (non-hydrogen) atoms. The Kier molecular flexibility index (Phi) is 5.20. The first-order valence-corrected chi connectivity index (χ1v) is 5.81. The van der Waals surface area contributed by atoms with E-state index in [1.165, 1.54) is 31.4 Å². The minimum atomic E-state index is 0.744. The van der Waals surface area contributed by atoms with E-state index in [2.05, 4.69) is 30.8 Å². The lowest BCUT2D eigenvalue weighted by atomic mass is 10.0. The van der Waals surface area contributed by atoms with Gasteiger partial charge in [-0.05, 0) is 32.9 Å². The maximum Gasteiger partial charge on any atom is 0.0217 e. The SMILES string of the molecule is C=C(CC)CNCC1CCCCN1C. The molecule has 82 valence electrons. The summed E-state index contributed by atoms with van der Waals surface area (Å²) in [6.07, 6.45) is 5.20. The highest BCUT2D eigenvalue weighted by Gasteiger charge is 2.17. The van der Waals surface area contributed by atoms with E-state index in [0.29, 0.717) is 0 Å². The first kappa shape index (κ1) is 11.7. The van der Waals surface area contributed by atoms with Crippen molar-refractivity contribution in [3.8, 4) is 0 Å². The second-order valence-corrected chi connectivity index (χ2v) is 4.36. The number of nitrogens with one attached hydrogen (secondary N) is 1. The van der Waals surface area contributed by atoms with Crippen molar-refractivity contribution in [2.24, 2.45) is 0 Å². The Morgan fingerprint density at radius 3 is 2.93 bits per heavy atom. The van der Waals surface area contributed by atoms with Gasteiger partial charge in [-0.25, -0.2) is 0 Å². The third kappa shape index (κ3) is 3.81. The molecule has 0 spiro atoms. The Morgan fingerprint density at radius 1 is 1.50 bits per heavy atom. The van der Waals surface area contributed by atoms with E-state index in [-0.39, 0.29) is 0 Å². The monoisotopic (exact) mass is 196 g/mol. The van der Waals surface area contributed by atoms with Crippen molar-refractivity contribution in [3.63, 3.8) is 0 Å². The topological polar surface area (TPSA) is 15.3 Å². The molecule has 1 atom stereocenters. The van der Waals surface area contributed by atoms with Gasteiger partial charge in [0.25, 0.3) is 0 Å². The lowest BCUT2D eigenvalue weighted by Gasteiger charge is -2.32. The van der Waals surface area contributed by atoms with Crippen molar-refractivity contribution in [2.75, 3.05) is 26.7 Å². The summed E-state index contributed by atoms with van der Waals surface area (Å²) >= 11 is 0. The summed E-state index contributed by atoms with van der Waals surface area (Å²) in [7, 11) is 2.24. The molecule has 0 amide bonds. The number of nitrogens with zero attached hydrogens (tertiary/aromatic N) is 1. The number of rotatable bonds is 5. The average molecular weight is 196 g/mol. The molecule has 1 unspecified atom stereocenters. The molecule has 1 aliphatic rings. The van der Waals surface area contributed by atoms with Crippen LogP contribution in [0.25, 0.3) is 0 Å². The summed E-state index contributed by atoms with van der Waals surface area (Å²) in [5.74, 6) is 0. The van der Waals surface area contributed by atoms with Crippen LogP contribution in [0.1, 0.15) is 32.6 Å². The van der Waals surface area contributed by atoms with Crippen LogP contribution in [0.5, 0.6) is 0 Å². The van der Waals surface area contributed by atoms with Gasteiger partial charge >= 0.3 is 0 Å². The van der Waals surface area contributed by atoms with Crippen molar-refractivity contribution in [3.05, 3.63) is 12.2 Å². The Morgan fingerprint density at radius 2 is 2.29 bits per heavy atom. The number of piperidine rings is 1. The van der Waals surface area contributed by atoms with Gasteiger partial charge in [-0.3, -0.25) is 0 Å². The van der Waals surface area contributed by atoms with Crippen LogP contribution in [-0.2, 0) is 0 Å². The normalized spacial score (nSPS) is 23.7. The maximum absolute atomic E-state index is 4.00. The predicted molar refractivity (Wildman–Crippen MR) is 62.6 cm³/mol. The van der Waals surface area contributed by atoms with E-state index in [0.717, 1.165) is 25.6 Å². The maximum atomic E-state index is 4.00. The van der Waals surface area contributed by atoms with E-state index in [9.17, 15) is 0 Å². The average Bonchev–Trinajstić information content (AvgIpc) is 2.20. The van der Waals surface area contributed by atoms with Crippen molar-refractivity contribution in [1.29, 1.82) is 0 Å². The first-order chi connectivity index (χ1) is 6.74. The molecule has 0 saturated carbocycles. The molecule has 2 heteroatoms. The smallest absolute Gasteiger partial charge is 0.0217 e. The molecule has 0 aromatic rings. The molecule has 0 aromatic carbocycles.